The van der Waals surface area contributed by atoms with Crippen LogP contribution in [-0.4, -0.2) is 10.9 Å². The summed E-state index contributed by atoms with van der Waals surface area (Å²) in [5, 5.41) is 3.15. The second-order valence-corrected chi connectivity index (χ2v) is 6.61. The lowest BCUT2D eigenvalue weighted by molar-refractivity contribution is 0.102. The molecule has 1 N–H and O–H groups in total. The number of aryl methyl sites for hydroxylation is 1. The summed E-state index contributed by atoms with van der Waals surface area (Å²) in [6, 6.07) is 18.0. The molecule has 1 amide bonds. The molecule has 0 aliphatic heterocycles. The topological polar surface area (TPSA) is 72.2 Å². The molecule has 2 heterocycles. The summed E-state index contributed by atoms with van der Waals surface area (Å²) in [6.45, 7) is 3.65. The van der Waals surface area contributed by atoms with Crippen LogP contribution in [0.15, 0.2) is 76.1 Å². The number of benzene rings is 2. The van der Waals surface area contributed by atoms with Gasteiger partial charge in [-0.1, -0.05) is 36.4 Å². The van der Waals surface area contributed by atoms with Crippen molar-refractivity contribution in [3.63, 3.8) is 0 Å². The highest BCUT2D eigenvalue weighted by Crippen LogP contribution is 2.27. The first-order chi connectivity index (χ1) is 13.5. The number of hydrogen-bond donors (Lipinski definition) is 1. The van der Waals surface area contributed by atoms with Gasteiger partial charge in [-0.2, -0.15) is 0 Å². The van der Waals surface area contributed by atoms with Crippen LogP contribution in [0.4, 0.5) is 5.82 Å². The van der Waals surface area contributed by atoms with Gasteiger partial charge >= 0.3 is 0 Å². The zero-order chi connectivity index (χ0) is 19.7. The minimum atomic E-state index is -0.380. The van der Waals surface area contributed by atoms with Crippen molar-refractivity contribution in [2.45, 2.75) is 13.8 Å². The van der Waals surface area contributed by atoms with E-state index in [0.29, 0.717) is 22.5 Å². The molecule has 28 heavy (non-hydrogen) atoms. The fourth-order valence-corrected chi connectivity index (χ4v) is 3.14. The van der Waals surface area contributed by atoms with Gasteiger partial charge in [0.15, 0.2) is 11.0 Å². The second-order valence-electron chi connectivity index (χ2n) is 6.61. The summed E-state index contributed by atoms with van der Waals surface area (Å²) in [4.78, 5) is 29.9. The number of anilines is 1. The number of amides is 1. The molecule has 0 atom stereocenters. The molecular weight excluding hydrogens is 352 g/mol. The number of pyridine rings is 1. The maximum atomic E-state index is 12.9. The Hall–Kier alpha value is -3.73. The fraction of sp³-hybridized carbons (Fsp3) is 0.0870. The van der Waals surface area contributed by atoms with Crippen molar-refractivity contribution in [1.29, 1.82) is 0 Å². The van der Waals surface area contributed by atoms with Crippen LogP contribution >= 0.6 is 0 Å². The van der Waals surface area contributed by atoms with Gasteiger partial charge in [-0.3, -0.25) is 9.59 Å². The van der Waals surface area contributed by atoms with Crippen molar-refractivity contribution in [3.05, 3.63) is 93.8 Å². The molecule has 0 spiro atoms. The van der Waals surface area contributed by atoms with Crippen LogP contribution in [-0.2, 0) is 0 Å². The lowest BCUT2D eigenvalue weighted by atomic mass is 10.0. The summed E-state index contributed by atoms with van der Waals surface area (Å²) in [5.74, 6) is 0.529. The van der Waals surface area contributed by atoms with E-state index in [2.05, 4.69) is 10.3 Å². The van der Waals surface area contributed by atoms with E-state index in [0.717, 1.165) is 11.1 Å². The minimum Gasteiger partial charge on any atom is -0.455 e. The summed E-state index contributed by atoms with van der Waals surface area (Å²) in [7, 11) is 0. The number of para-hydroxylation sites is 1. The molecule has 0 saturated carbocycles. The maximum Gasteiger partial charge on any atom is 0.260 e. The Morgan fingerprint density at radius 3 is 2.54 bits per heavy atom. The fourth-order valence-electron chi connectivity index (χ4n) is 3.14. The van der Waals surface area contributed by atoms with Gasteiger partial charge in [0.2, 0.25) is 0 Å². The zero-order valence-corrected chi connectivity index (χ0v) is 15.5. The highest BCUT2D eigenvalue weighted by molar-refractivity contribution is 6.11. The smallest absolute Gasteiger partial charge is 0.260 e. The van der Waals surface area contributed by atoms with Crippen molar-refractivity contribution >= 4 is 22.7 Å². The normalized spacial score (nSPS) is 10.8. The number of hydrogen-bond acceptors (Lipinski definition) is 4. The molecule has 0 aliphatic carbocycles. The first kappa shape index (κ1) is 17.7. The number of aromatic nitrogens is 1. The Balaban J connectivity index is 1.86. The average molecular weight is 370 g/mol. The van der Waals surface area contributed by atoms with Crippen LogP contribution in [0, 0.1) is 13.8 Å². The van der Waals surface area contributed by atoms with Gasteiger partial charge in [-0.25, -0.2) is 4.98 Å². The van der Waals surface area contributed by atoms with E-state index in [4.69, 9.17) is 4.42 Å². The van der Waals surface area contributed by atoms with Crippen LogP contribution in [0.25, 0.3) is 22.3 Å². The molecule has 0 aliphatic rings. The van der Waals surface area contributed by atoms with Crippen molar-refractivity contribution in [1.82, 2.24) is 4.98 Å². The Labute approximate surface area is 161 Å². The highest BCUT2D eigenvalue weighted by Gasteiger charge is 2.18. The molecule has 5 nitrogen and oxygen atoms in total. The Morgan fingerprint density at radius 1 is 1.00 bits per heavy atom. The summed E-state index contributed by atoms with van der Waals surface area (Å²) in [6.07, 6.45) is 1.63. The van der Waals surface area contributed by atoms with E-state index < -0.39 is 0 Å². The van der Waals surface area contributed by atoms with Gasteiger partial charge in [-0.15, -0.1) is 0 Å². The Kier molecular flexibility index (Phi) is 4.49. The molecule has 0 fully saturated rings. The van der Waals surface area contributed by atoms with Crippen molar-refractivity contribution in [2.75, 3.05) is 5.32 Å². The van der Waals surface area contributed by atoms with Crippen LogP contribution in [0.1, 0.15) is 21.5 Å². The van der Waals surface area contributed by atoms with Gasteiger partial charge in [0.1, 0.15) is 11.6 Å². The monoisotopic (exact) mass is 370 g/mol. The minimum absolute atomic E-state index is 0.150. The quantitative estimate of drug-likeness (QED) is 0.566. The lowest BCUT2D eigenvalue weighted by Gasteiger charge is -2.11. The summed E-state index contributed by atoms with van der Waals surface area (Å²) < 4.78 is 6.09. The molecule has 4 rings (SSSR count). The third-order valence-corrected chi connectivity index (χ3v) is 4.58. The van der Waals surface area contributed by atoms with E-state index in [1.165, 1.54) is 0 Å². The number of rotatable bonds is 3. The molecule has 2 aromatic carbocycles. The van der Waals surface area contributed by atoms with Crippen molar-refractivity contribution < 1.29 is 9.21 Å². The van der Waals surface area contributed by atoms with Crippen LogP contribution in [0.3, 0.4) is 0 Å². The first-order valence-electron chi connectivity index (χ1n) is 8.90. The van der Waals surface area contributed by atoms with Gasteiger partial charge in [0, 0.05) is 17.3 Å². The van der Waals surface area contributed by atoms with E-state index in [9.17, 15) is 9.59 Å². The molecule has 2 aromatic heterocycles. The Morgan fingerprint density at radius 2 is 1.79 bits per heavy atom. The van der Waals surface area contributed by atoms with Gasteiger partial charge in [0.25, 0.3) is 5.91 Å². The second kappa shape index (κ2) is 7.12. The maximum absolute atomic E-state index is 12.9. The van der Waals surface area contributed by atoms with E-state index >= 15 is 0 Å². The molecule has 0 bridgehead atoms. The molecular formula is C23H18N2O3. The van der Waals surface area contributed by atoms with E-state index in [1.54, 1.807) is 37.4 Å². The number of nitrogens with one attached hydrogen (secondary N) is 1. The van der Waals surface area contributed by atoms with E-state index in [1.807, 2.05) is 43.3 Å². The van der Waals surface area contributed by atoms with Crippen molar-refractivity contribution in [2.24, 2.45) is 0 Å². The SMILES string of the molecule is Cc1ccnc(NC(=O)c2cccc3c(=O)c(C)c(-c4ccccc4)oc23)c1. The van der Waals surface area contributed by atoms with Crippen LogP contribution in [0.5, 0.6) is 0 Å². The highest BCUT2D eigenvalue weighted by atomic mass is 16.3. The summed E-state index contributed by atoms with van der Waals surface area (Å²) >= 11 is 0. The zero-order valence-electron chi connectivity index (χ0n) is 15.5. The molecule has 4 aromatic rings. The average Bonchev–Trinajstić information content (AvgIpc) is 2.71. The molecule has 5 heteroatoms. The third-order valence-electron chi connectivity index (χ3n) is 4.58. The first-order valence-corrected chi connectivity index (χ1v) is 8.90. The molecule has 138 valence electrons. The van der Waals surface area contributed by atoms with Gasteiger partial charge < -0.3 is 9.73 Å². The number of carbonyl (C=O) groups excluding carboxylic acids is 1. The summed E-state index contributed by atoms with van der Waals surface area (Å²) in [5.41, 5.74) is 2.68. The van der Waals surface area contributed by atoms with Gasteiger partial charge in [-0.05, 0) is 43.7 Å². The predicted molar refractivity (Wildman–Crippen MR) is 110 cm³/mol. The molecule has 0 unspecified atom stereocenters. The molecule has 0 radical (unpaired) electrons. The van der Waals surface area contributed by atoms with Crippen molar-refractivity contribution in [3.8, 4) is 11.3 Å². The van der Waals surface area contributed by atoms with E-state index in [-0.39, 0.29) is 22.5 Å². The Bertz CT molecular complexity index is 1240. The van der Waals surface area contributed by atoms with Crippen LogP contribution in [0.2, 0.25) is 0 Å². The van der Waals surface area contributed by atoms with Crippen LogP contribution < -0.4 is 10.7 Å². The standard InChI is InChI=1S/C23H18N2O3/c1-14-11-12-24-19(13-14)25-23(27)18-10-6-9-17-20(26)15(2)21(28-22(17)18)16-7-4-3-5-8-16/h3-13H,1-2H3,(H,24,25,27). The van der Waals surface area contributed by atoms with Gasteiger partial charge in [0.05, 0.1) is 10.9 Å². The largest absolute Gasteiger partial charge is 0.455 e. The third kappa shape index (κ3) is 3.18. The number of nitrogens with zero attached hydrogens (tertiary/aromatic N) is 1. The lowest BCUT2D eigenvalue weighted by Crippen LogP contribution is -2.15. The number of carbonyl (C=O) groups is 1. The predicted octanol–water partition coefficient (Wildman–Crippen LogP) is 4.72. The molecule has 0 saturated heterocycles. The number of fused-ring (bicyclic) bond motifs is 1.